The van der Waals surface area contributed by atoms with Crippen LogP contribution in [0.2, 0.25) is 0 Å². The summed E-state index contributed by atoms with van der Waals surface area (Å²) >= 11 is 4.72. The summed E-state index contributed by atoms with van der Waals surface area (Å²) in [4.78, 5) is 25.5. The first kappa shape index (κ1) is 17.4. The lowest BCUT2D eigenvalue weighted by molar-refractivity contribution is 0.101. The fourth-order valence-electron chi connectivity index (χ4n) is 2.37. The van der Waals surface area contributed by atoms with Crippen molar-refractivity contribution in [3.05, 3.63) is 80.5 Å². The minimum Gasteiger partial charge on any atom is -0.322 e. The highest BCUT2D eigenvalue weighted by Crippen LogP contribution is 2.26. The standard InChI is InChI=1S/C19H15BrN2O2S/c1-12-14(18(23)21-13-6-3-2-4-7-13)8-5-9-16(12)22-19(24)17-15(20)10-11-25-17/h2-11H,1H3,(H,21,23)(H,22,24). The first-order chi connectivity index (χ1) is 12.1. The molecular weight excluding hydrogens is 400 g/mol. The van der Waals surface area contributed by atoms with Crippen molar-refractivity contribution >= 4 is 50.5 Å². The van der Waals surface area contributed by atoms with Gasteiger partial charge in [-0.1, -0.05) is 24.3 Å². The zero-order valence-corrected chi connectivity index (χ0v) is 15.8. The van der Waals surface area contributed by atoms with Crippen LogP contribution in [0.4, 0.5) is 11.4 Å². The number of rotatable bonds is 4. The van der Waals surface area contributed by atoms with Gasteiger partial charge in [0.15, 0.2) is 0 Å². The highest BCUT2D eigenvalue weighted by Gasteiger charge is 2.16. The minimum atomic E-state index is -0.211. The van der Waals surface area contributed by atoms with Crippen LogP contribution in [0.5, 0.6) is 0 Å². The molecule has 3 aromatic rings. The van der Waals surface area contributed by atoms with Crippen LogP contribution in [-0.4, -0.2) is 11.8 Å². The number of hydrogen-bond donors (Lipinski definition) is 2. The number of hydrogen-bond acceptors (Lipinski definition) is 3. The first-order valence-corrected chi connectivity index (χ1v) is 9.24. The maximum absolute atomic E-state index is 12.5. The summed E-state index contributed by atoms with van der Waals surface area (Å²) in [6, 6.07) is 16.4. The molecule has 0 aliphatic heterocycles. The van der Waals surface area contributed by atoms with E-state index in [2.05, 4.69) is 26.6 Å². The molecule has 0 saturated carbocycles. The summed E-state index contributed by atoms with van der Waals surface area (Å²) in [5.74, 6) is -0.414. The number of anilines is 2. The number of thiophene rings is 1. The van der Waals surface area contributed by atoms with Gasteiger partial charge in [-0.15, -0.1) is 11.3 Å². The molecule has 4 nitrogen and oxygen atoms in total. The molecule has 0 bridgehead atoms. The molecule has 0 fully saturated rings. The summed E-state index contributed by atoms with van der Waals surface area (Å²) in [7, 11) is 0. The van der Waals surface area contributed by atoms with Crippen molar-refractivity contribution in [1.29, 1.82) is 0 Å². The van der Waals surface area contributed by atoms with E-state index in [9.17, 15) is 9.59 Å². The van der Waals surface area contributed by atoms with Gasteiger partial charge in [-0.2, -0.15) is 0 Å². The normalized spacial score (nSPS) is 10.3. The molecule has 0 aliphatic rings. The molecule has 0 radical (unpaired) electrons. The Morgan fingerprint density at radius 3 is 2.36 bits per heavy atom. The van der Waals surface area contributed by atoms with Crippen LogP contribution in [0.25, 0.3) is 0 Å². The van der Waals surface area contributed by atoms with Gasteiger partial charge in [-0.25, -0.2) is 0 Å². The second kappa shape index (κ2) is 7.63. The fraction of sp³-hybridized carbons (Fsp3) is 0.0526. The van der Waals surface area contributed by atoms with Crippen LogP contribution < -0.4 is 10.6 Å². The molecule has 0 aliphatic carbocycles. The van der Waals surface area contributed by atoms with Gasteiger partial charge in [-0.05, 0) is 64.1 Å². The second-order valence-corrected chi connectivity index (χ2v) is 7.12. The van der Waals surface area contributed by atoms with Gasteiger partial charge >= 0.3 is 0 Å². The molecule has 0 spiro atoms. The Hall–Kier alpha value is -2.44. The van der Waals surface area contributed by atoms with Gasteiger partial charge in [0.2, 0.25) is 0 Å². The van der Waals surface area contributed by atoms with E-state index in [4.69, 9.17) is 0 Å². The van der Waals surface area contributed by atoms with Crippen molar-refractivity contribution in [2.75, 3.05) is 10.6 Å². The summed E-state index contributed by atoms with van der Waals surface area (Å²) < 4.78 is 0.755. The molecule has 1 heterocycles. The number of benzene rings is 2. The summed E-state index contributed by atoms with van der Waals surface area (Å²) in [6.07, 6.45) is 0. The van der Waals surface area contributed by atoms with Crippen LogP contribution in [0.15, 0.2) is 64.5 Å². The smallest absolute Gasteiger partial charge is 0.266 e. The molecule has 0 saturated heterocycles. The topological polar surface area (TPSA) is 58.2 Å². The Morgan fingerprint density at radius 2 is 1.68 bits per heavy atom. The Morgan fingerprint density at radius 1 is 0.920 bits per heavy atom. The highest BCUT2D eigenvalue weighted by molar-refractivity contribution is 9.10. The van der Waals surface area contributed by atoms with E-state index in [0.717, 1.165) is 15.7 Å². The predicted molar refractivity (Wildman–Crippen MR) is 106 cm³/mol. The van der Waals surface area contributed by atoms with E-state index < -0.39 is 0 Å². The maximum atomic E-state index is 12.5. The number of carbonyl (C=O) groups is 2. The van der Waals surface area contributed by atoms with Gasteiger partial charge in [0, 0.05) is 21.4 Å². The lowest BCUT2D eigenvalue weighted by Gasteiger charge is -2.12. The van der Waals surface area contributed by atoms with Crippen LogP contribution >= 0.6 is 27.3 Å². The van der Waals surface area contributed by atoms with E-state index in [1.54, 1.807) is 18.2 Å². The number of carbonyl (C=O) groups excluding carboxylic acids is 2. The van der Waals surface area contributed by atoms with Gasteiger partial charge in [-0.3, -0.25) is 9.59 Å². The number of amides is 2. The zero-order chi connectivity index (χ0) is 17.8. The Labute approximate surface area is 158 Å². The van der Waals surface area contributed by atoms with Gasteiger partial charge in [0.05, 0.1) is 0 Å². The van der Waals surface area contributed by atoms with Gasteiger partial charge in [0.1, 0.15) is 4.88 Å². The summed E-state index contributed by atoms with van der Waals surface area (Å²) in [5, 5.41) is 7.58. The quantitative estimate of drug-likeness (QED) is 0.606. The average Bonchev–Trinajstić information content (AvgIpc) is 3.03. The van der Waals surface area contributed by atoms with Crippen molar-refractivity contribution in [3.8, 4) is 0 Å². The monoisotopic (exact) mass is 414 g/mol. The van der Waals surface area contributed by atoms with Crippen molar-refractivity contribution in [2.45, 2.75) is 6.92 Å². The van der Waals surface area contributed by atoms with E-state index >= 15 is 0 Å². The van der Waals surface area contributed by atoms with Crippen LogP contribution in [0.3, 0.4) is 0 Å². The molecule has 25 heavy (non-hydrogen) atoms. The largest absolute Gasteiger partial charge is 0.322 e. The maximum Gasteiger partial charge on any atom is 0.266 e. The fourth-order valence-corrected chi connectivity index (χ4v) is 3.82. The average molecular weight is 415 g/mol. The van der Waals surface area contributed by atoms with Crippen LogP contribution in [0, 0.1) is 6.92 Å². The van der Waals surface area contributed by atoms with Crippen molar-refractivity contribution < 1.29 is 9.59 Å². The van der Waals surface area contributed by atoms with Gasteiger partial charge in [0.25, 0.3) is 11.8 Å². The van der Waals surface area contributed by atoms with Crippen LogP contribution in [0.1, 0.15) is 25.6 Å². The molecule has 1 aromatic heterocycles. The van der Waals surface area contributed by atoms with E-state index in [0.29, 0.717) is 16.1 Å². The summed E-state index contributed by atoms with van der Waals surface area (Å²) in [5.41, 5.74) is 2.58. The molecule has 6 heteroatoms. The van der Waals surface area contributed by atoms with Crippen LogP contribution in [-0.2, 0) is 0 Å². The van der Waals surface area contributed by atoms with Gasteiger partial charge < -0.3 is 10.6 Å². The number of nitrogens with one attached hydrogen (secondary N) is 2. The third-order valence-corrected chi connectivity index (χ3v) is 5.52. The number of para-hydroxylation sites is 1. The van der Waals surface area contributed by atoms with Crippen molar-refractivity contribution in [3.63, 3.8) is 0 Å². The molecule has 126 valence electrons. The van der Waals surface area contributed by atoms with Crippen molar-refractivity contribution in [1.82, 2.24) is 0 Å². The number of halogens is 1. The SMILES string of the molecule is Cc1c(NC(=O)c2sccc2Br)cccc1C(=O)Nc1ccccc1. The second-order valence-electron chi connectivity index (χ2n) is 5.35. The molecule has 0 unspecified atom stereocenters. The summed E-state index contributed by atoms with van der Waals surface area (Å²) in [6.45, 7) is 1.82. The predicted octanol–water partition coefficient (Wildman–Crippen LogP) is 5.32. The Bertz CT molecular complexity index is 922. The highest BCUT2D eigenvalue weighted by atomic mass is 79.9. The van der Waals surface area contributed by atoms with E-state index in [1.165, 1.54) is 11.3 Å². The first-order valence-electron chi connectivity index (χ1n) is 7.56. The zero-order valence-electron chi connectivity index (χ0n) is 13.4. The third kappa shape index (κ3) is 3.97. The molecular formula is C19H15BrN2O2S. The molecule has 3 rings (SSSR count). The molecule has 0 atom stereocenters. The minimum absolute atomic E-state index is 0.203. The molecule has 2 amide bonds. The lowest BCUT2D eigenvalue weighted by atomic mass is 10.1. The molecule has 2 N–H and O–H groups in total. The van der Waals surface area contributed by atoms with E-state index in [1.807, 2.05) is 48.7 Å². The third-order valence-electron chi connectivity index (χ3n) is 3.68. The van der Waals surface area contributed by atoms with Crippen molar-refractivity contribution in [2.24, 2.45) is 0 Å². The Balaban J connectivity index is 1.81. The lowest BCUT2D eigenvalue weighted by Crippen LogP contribution is -2.16. The molecule has 2 aromatic carbocycles. The van der Waals surface area contributed by atoms with E-state index in [-0.39, 0.29) is 11.8 Å². The Kier molecular flexibility index (Phi) is 5.31.